The summed E-state index contributed by atoms with van der Waals surface area (Å²) in [5.41, 5.74) is 1.21. The molecule has 0 bridgehead atoms. The molecule has 0 aliphatic heterocycles. The second-order valence-corrected chi connectivity index (χ2v) is 3.24. The highest BCUT2D eigenvalue weighted by atomic mass is 15.1. The van der Waals surface area contributed by atoms with Gasteiger partial charge in [0, 0.05) is 25.7 Å². The molecule has 1 unspecified atom stereocenters. The van der Waals surface area contributed by atoms with Gasteiger partial charge < -0.3 is 9.88 Å². The van der Waals surface area contributed by atoms with E-state index in [0.717, 1.165) is 12.8 Å². The Hall–Kier alpha value is -1.27. The number of nitrogens with zero attached hydrogens (tertiary/aromatic N) is 2. The normalized spacial score (nSPS) is 11.9. The van der Waals surface area contributed by atoms with E-state index in [1.165, 1.54) is 5.69 Å². The number of rotatable bonds is 4. The number of hydrogen-bond acceptors (Lipinski definition) is 2. The van der Waals surface area contributed by atoms with Gasteiger partial charge in [-0.3, -0.25) is 0 Å². The monoisotopic (exact) mass is 191 g/mol. The fraction of sp³-hybridized carbons (Fsp3) is 0.545. The van der Waals surface area contributed by atoms with Crippen molar-refractivity contribution in [2.45, 2.75) is 25.8 Å². The molecule has 1 rings (SSSR count). The van der Waals surface area contributed by atoms with Crippen LogP contribution in [0, 0.1) is 11.8 Å². The number of aromatic nitrogens is 2. The van der Waals surface area contributed by atoms with Crippen LogP contribution in [-0.4, -0.2) is 16.6 Å². The third-order valence-corrected chi connectivity index (χ3v) is 2.29. The Morgan fingerprint density at radius 2 is 2.43 bits per heavy atom. The quantitative estimate of drug-likeness (QED) is 0.731. The van der Waals surface area contributed by atoms with Gasteiger partial charge in [-0.15, -0.1) is 11.8 Å². The summed E-state index contributed by atoms with van der Waals surface area (Å²) in [7, 11) is 3.98. The summed E-state index contributed by atoms with van der Waals surface area (Å²) in [5, 5.41) is 3.28. The maximum Gasteiger partial charge on any atom is 0.0946 e. The first-order valence-electron chi connectivity index (χ1n) is 4.82. The molecule has 1 heterocycles. The van der Waals surface area contributed by atoms with Gasteiger partial charge in [0.05, 0.1) is 12.0 Å². The highest BCUT2D eigenvalue weighted by molar-refractivity contribution is 5.06. The fourth-order valence-corrected chi connectivity index (χ4v) is 1.48. The minimum atomic E-state index is 0.350. The van der Waals surface area contributed by atoms with Gasteiger partial charge in [0.25, 0.3) is 0 Å². The van der Waals surface area contributed by atoms with E-state index in [1.54, 1.807) is 0 Å². The van der Waals surface area contributed by atoms with Gasteiger partial charge in [0.15, 0.2) is 0 Å². The van der Waals surface area contributed by atoms with Gasteiger partial charge in [-0.2, -0.15) is 0 Å². The zero-order valence-corrected chi connectivity index (χ0v) is 9.04. The molecule has 0 aliphatic carbocycles. The maximum absolute atomic E-state index is 4.11. The van der Waals surface area contributed by atoms with Crippen molar-refractivity contribution in [1.29, 1.82) is 0 Å². The van der Waals surface area contributed by atoms with Crippen molar-refractivity contribution in [3.63, 3.8) is 0 Å². The lowest BCUT2D eigenvalue weighted by Gasteiger charge is -2.14. The topological polar surface area (TPSA) is 29.9 Å². The highest BCUT2D eigenvalue weighted by Crippen LogP contribution is 2.16. The Bertz CT molecular complexity index is 330. The Balaban J connectivity index is 2.61. The lowest BCUT2D eigenvalue weighted by atomic mass is 10.1. The van der Waals surface area contributed by atoms with E-state index in [2.05, 4.69) is 22.1 Å². The summed E-state index contributed by atoms with van der Waals surface area (Å²) in [4.78, 5) is 4.11. The first kappa shape index (κ1) is 10.8. The van der Waals surface area contributed by atoms with Crippen LogP contribution < -0.4 is 5.32 Å². The molecule has 0 aromatic carbocycles. The molecule has 1 atom stereocenters. The molecule has 0 radical (unpaired) electrons. The fourth-order valence-electron chi connectivity index (χ4n) is 1.48. The Kier molecular flexibility index (Phi) is 4.21. The third kappa shape index (κ3) is 2.61. The zero-order valence-electron chi connectivity index (χ0n) is 9.04. The van der Waals surface area contributed by atoms with E-state index in [9.17, 15) is 0 Å². The van der Waals surface area contributed by atoms with Crippen LogP contribution in [0.4, 0.5) is 0 Å². The number of aryl methyl sites for hydroxylation is 1. The van der Waals surface area contributed by atoms with Crippen molar-refractivity contribution < 1.29 is 0 Å². The summed E-state index contributed by atoms with van der Waals surface area (Å²) in [6, 6.07) is 0.350. The van der Waals surface area contributed by atoms with E-state index in [1.807, 2.05) is 38.1 Å². The van der Waals surface area contributed by atoms with E-state index < -0.39 is 0 Å². The molecule has 0 amide bonds. The molecule has 3 nitrogen and oxygen atoms in total. The van der Waals surface area contributed by atoms with Crippen LogP contribution in [0.25, 0.3) is 0 Å². The standard InChI is InChI=1S/C11H17N3/c1-4-5-6-7-10(12-2)11-8-13-9-14(11)3/h8-10,12H,6-7H2,1-3H3. The smallest absolute Gasteiger partial charge is 0.0946 e. The minimum Gasteiger partial charge on any atom is -0.336 e. The molecule has 0 aliphatic rings. The number of hydrogen-bond donors (Lipinski definition) is 1. The van der Waals surface area contributed by atoms with Crippen molar-refractivity contribution in [2.24, 2.45) is 7.05 Å². The van der Waals surface area contributed by atoms with Crippen LogP contribution in [0.15, 0.2) is 12.5 Å². The zero-order chi connectivity index (χ0) is 10.4. The minimum absolute atomic E-state index is 0.350. The molecule has 0 saturated heterocycles. The van der Waals surface area contributed by atoms with Crippen molar-refractivity contribution >= 4 is 0 Å². The summed E-state index contributed by atoms with van der Waals surface area (Å²) >= 11 is 0. The van der Waals surface area contributed by atoms with E-state index >= 15 is 0 Å². The Morgan fingerprint density at radius 1 is 1.64 bits per heavy atom. The van der Waals surface area contributed by atoms with Gasteiger partial charge in [0.2, 0.25) is 0 Å². The van der Waals surface area contributed by atoms with Crippen LogP contribution in [0.1, 0.15) is 31.5 Å². The van der Waals surface area contributed by atoms with Gasteiger partial charge >= 0.3 is 0 Å². The van der Waals surface area contributed by atoms with Crippen LogP contribution in [-0.2, 0) is 7.05 Å². The first-order chi connectivity index (χ1) is 6.79. The molecule has 76 valence electrons. The predicted octanol–water partition coefficient (Wildman–Crippen LogP) is 1.48. The molecule has 1 aromatic heterocycles. The predicted molar refractivity (Wildman–Crippen MR) is 57.7 cm³/mol. The third-order valence-electron chi connectivity index (χ3n) is 2.29. The maximum atomic E-state index is 4.11. The average molecular weight is 191 g/mol. The molecule has 0 spiro atoms. The second kappa shape index (κ2) is 5.46. The average Bonchev–Trinajstić information content (AvgIpc) is 2.60. The van der Waals surface area contributed by atoms with Crippen LogP contribution in [0.2, 0.25) is 0 Å². The molecule has 3 heteroatoms. The molecule has 1 aromatic rings. The van der Waals surface area contributed by atoms with Crippen molar-refractivity contribution in [3.8, 4) is 11.8 Å². The van der Waals surface area contributed by atoms with Crippen LogP contribution >= 0.6 is 0 Å². The summed E-state index contributed by atoms with van der Waals surface area (Å²) < 4.78 is 2.04. The van der Waals surface area contributed by atoms with E-state index in [-0.39, 0.29) is 0 Å². The number of imidazole rings is 1. The molecule has 0 fully saturated rings. The summed E-state index contributed by atoms with van der Waals surface area (Å²) in [6.45, 7) is 1.87. The van der Waals surface area contributed by atoms with Gasteiger partial charge in [0.1, 0.15) is 0 Å². The summed E-state index contributed by atoms with van der Waals surface area (Å²) in [5.74, 6) is 5.98. The van der Waals surface area contributed by atoms with Crippen LogP contribution in [0.3, 0.4) is 0 Å². The van der Waals surface area contributed by atoms with Crippen LogP contribution in [0.5, 0.6) is 0 Å². The van der Waals surface area contributed by atoms with Gasteiger partial charge in [-0.25, -0.2) is 4.98 Å². The lowest BCUT2D eigenvalue weighted by Crippen LogP contribution is -2.18. The largest absolute Gasteiger partial charge is 0.336 e. The van der Waals surface area contributed by atoms with Crippen molar-refractivity contribution in [1.82, 2.24) is 14.9 Å². The van der Waals surface area contributed by atoms with Gasteiger partial charge in [-0.1, -0.05) is 0 Å². The number of nitrogens with one attached hydrogen (secondary N) is 1. The lowest BCUT2D eigenvalue weighted by molar-refractivity contribution is 0.527. The van der Waals surface area contributed by atoms with E-state index in [0.29, 0.717) is 6.04 Å². The Labute approximate surface area is 85.5 Å². The van der Waals surface area contributed by atoms with E-state index in [4.69, 9.17) is 0 Å². The summed E-state index contributed by atoms with van der Waals surface area (Å²) in [6.07, 6.45) is 5.68. The SMILES string of the molecule is CC#CCCC(NC)c1cncn1C. The first-order valence-corrected chi connectivity index (χ1v) is 4.82. The highest BCUT2D eigenvalue weighted by Gasteiger charge is 2.11. The Morgan fingerprint density at radius 3 is 2.93 bits per heavy atom. The molecular weight excluding hydrogens is 174 g/mol. The molecular formula is C11H17N3. The molecule has 1 N–H and O–H groups in total. The van der Waals surface area contributed by atoms with Crippen molar-refractivity contribution in [2.75, 3.05) is 7.05 Å². The van der Waals surface area contributed by atoms with Crippen molar-refractivity contribution in [3.05, 3.63) is 18.2 Å². The van der Waals surface area contributed by atoms with Gasteiger partial charge in [-0.05, 0) is 20.4 Å². The second-order valence-electron chi connectivity index (χ2n) is 3.24. The molecule has 0 saturated carbocycles. The molecule has 14 heavy (non-hydrogen) atoms.